The van der Waals surface area contributed by atoms with Crippen molar-refractivity contribution in [2.45, 2.75) is 24.1 Å². The molecule has 2 amide bonds. The molecule has 2 heterocycles. The summed E-state index contributed by atoms with van der Waals surface area (Å²) in [6.07, 6.45) is 1.90. The summed E-state index contributed by atoms with van der Waals surface area (Å²) in [5.74, 6) is -0.126. The molecule has 9 heteroatoms. The highest BCUT2D eigenvalue weighted by Gasteiger charge is 2.38. The average molecular weight is 547 g/mol. The van der Waals surface area contributed by atoms with E-state index in [9.17, 15) is 14.0 Å². The summed E-state index contributed by atoms with van der Waals surface area (Å²) in [6.45, 7) is -0.136. The largest absolute Gasteiger partial charge is 0.352 e. The fourth-order valence-corrected chi connectivity index (χ4v) is 6.08. The molecule has 1 saturated carbocycles. The first-order chi connectivity index (χ1) is 18.5. The van der Waals surface area contributed by atoms with Crippen molar-refractivity contribution < 1.29 is 14.0 Å². The molecule has 4 aromatic rings. The Labute approximate surface area is 228 Å². The molecule has 3 aromatic carbocycles. The monoisotopic (exact) mass is 546 g/mol. The van der Waals surface area contributed by atoms with Gasteiger partial charge in [0.05, 0.1) is 27.4 Å². The van der Waals surface area contributed by atoms with Crippen LogP contribution in [0, 0.1) is 5.82 Å². The van der Waals surface area contributed by atoms with Gasteiger partial charge in [-0.25, -0.2) is 9.07 Å². The van der Waals surface area contributed by atoms with Gasteiger partial charge in [0, 0.05) is 17.2 Å². The van der Waals surface area contributed by atoms with Crippen LogP contribution >= 0.6 is 23.4 Å². The number of nitrogens with zero attached hydrogens (tertiary/aromatic N) is 3. The van der Waals surface area contributed by atoms with Crippen LogP contribution in [-0.4, -0.2) is 39.9 Å². The van der Waals surface area contributed by atoms with Gasteiger partial charge in [0.2, 0.25) is 11.8 Å². The lowest BCUT2D eigenvalue weighted by Crippen LogP contribution is -2.43. The number of benzene rings is 3. The molecule has 1 fully saturated rings. The van der Waals surface area contributed by atoms with Crippen molar-refractivity contribution in [1.82, 2.24) is 15.1 Å². The summed E-state index contributed by atoms with van der Waals surface area (Å²) < 4.78 is 15.5. The quantitative estimate of drug-likeness (QED) is 0.333. The molecule has 6 rings (SSSR count). The summed E-state index contributed by atoms with van der Waals surface area (Å²) in [5.41, 5.74) is 3.74. The molecule has 1 aliphatic carbocycles. The van der Waals surface area contributed by atoms with Gasteiger partial charge in [0.25, 0.3) is 0 Å². The third kappa shape index (κ3) is 4.81. The molecular formula is C29H24ClFN4O2S. The molecule has 1 aliphatic heterocycles. The Morgan fingerprint density at radius 3 is 2.45 bits per heavy atom. The number of carbonyl (C=O) groups is 2. The van der Waals surface area contributed by atoms with E-state index in [4.69, 9.17) is 16.7 Å². The lowest BCUT2D eigenvalue weighted by atomic mass is 9.99. The van der Waals surface area contributed by atoms with Crippen molar-refractivity contribution >= 4 is 41.0 Å². The number of nitrogens with one attached hydrogen (secondary N) is 1. The van der Waals surface area contributed by atoms with Gasteiger partial charge in [0.15, 0.2) is 0 Å². The normalized spacial score (nSPS) is 17.2. The summed E-state index contributed by atoms with van der Waals surface area (Å²) in [4.78, 5) is 28.2. The van der Waals surface area contributed by atoms with Crippen molar-refractivity contribution in [2.24, 2.45) is 0 Å². The molecule has 2 aliphatic rings. The van der Waals surface area contributed by atoms with Gasteiger partial charge in [-0.15, -0.1) is 11.8 Å². The predicted octanol–water partition coefficient (Wildman–Crippen LogP) is 5.78. The van der Waals surface area contributed by atoms with Crippen molar-refractivity contribution in [1.29, 1.82) is 0 Å². The van der Waals surface area contributed by atoms with Gasteiger partial charge >= 0.3 is 0 Å². The second-order valence-electron chi connectivity index (χ2n) is 9.38. The molecule has 0 spiro atoms. The molecule has 1 atom stereocenters. The molecule has 6 nitrogen and oxygen atoms in total. The maximum absolute atomic E-state index is 13.9. The summed E-state index contributed by atoms with van der Waals surface area (Å²) in [5, 5.41) is 8.13. The van der Waals surface area contributed by atoms with Crippen LogP contribution in [0.25, 0.3) is 16.9 Å². The van der Waals surface area contributed by atoms with Crippen LogP contribution in [-0.2, 0) is 9.59 Å². The molecule has 192 valence electrons. The Balaban J connectivity index is 1.61. The number of hydrogen-bond acceptors (Lipinski definition) is 4. The minimum atomic E-state index is -0.336. The van der Waals surface area contributed by atoms with E-state index in [1.807, 2.05) is 48.5 Å². The third-order valence-electron chi connectivity index (χ3n) is 6.63. The van der Waals surface area contributed by atoms with Crippen LogP contribution < -0.4 is 10.2 Å². The average Bonchev–Trinajstić information content (AvgIpc) is 3.68. The molecule has 38 heavy (non-hydrogen) atoms. The lowest BCUT2D eigenvalue weighted by Gasteiger charge is -2.23. The smallest absolute Gasteiger partial charge is 0.240 e. The maximum Gasteiger partial charge on any atom is 0.240 e. The highest BCUT2D eigenvalue weighted by atomic mass is 35.5. The summed E-state index contributed by atoms with van der Waals surface area (Å²) in [7, 11) is 0. The first-order valence-electron chi connectivity index (χ1n) is 12.4. The van der Waals surface area contributed by atoms with Crippen molar-refractivity contribution in [3.8, 4) is 16.9 Å². The standard InChI is InChI=1S/C29H24ClFN4O2S/c30-22-8-4-5-9-23(22)35-29-26(27(33-35)18-6-2-1-3-7-18)28(19-10-12-20(31)13-11-19)38-17-25(37)34(29)16-24(36)32-21-14-15-21/h1-13,21,28H,14-17H2,(H,32,36). The zero-order valence-electron chi connectivity index (χ0n) is 20.3. The zero-order chi connectivity index (χ0) is 26.2. The Hall–Kier alpha value is -3.62. The Bertz CT molecular complexity index is 1510. The third-order valence-corrected chi connectivity index (χ3v) is 8.21. The lowest BCUT2D eigenvalue weighted by molar-refractivity contribution is -0.123. The van der Waals surface area contributed by atoms with E-state index >= 15 is 0 Å². The molecule has 1 unspecified atom stereocenters. The minimum Gasteiger partial charge on any atom is -0.352 e. The van der Waals surface area contributed by atoms with Gasteiger partial charge in [-0.2, -0.15) is 5.10 Å². The van der Waals surface area contributed by atoms with Gasteiger partial charge in [-0.1, -0.05) is 66.2 Å². The van der Waals surface area contributed by atoms with Gasteiger partial charge in [-0.3, -0.25) is 14.5 Å². The number of amides is 2. The number of fused-ring (bicyclic) bond motifs is 1. The van der Waals surface area contributed by atoms with E-state index < -0.39 is 0 Å². The summed E-state index contributed by atoms with van der Waals surface area (Å²) in [6, 6.07) is 23.5. The second kappa shape index (κ2) is 10.3. The van der Waals surface area contributed by atoms with Crippen LogP contribution in [0.3, 0.4) is 0 Å². The first-order valence-corrected chi connectivity index (χ1v) is 13.8. The van der Waals surface area contributed by atoms with Crippen LogP contribution in [0.4, 0.5) is 10.2 Å². The number of thioether (sulfide) groups is 1. The van der Waals surface area contributed by atoms with Crippen LogP contribution in [0.2, 0.25) is 5.02 Å². The molecule has 0 radical (unpaired) electrons. The number of aromatic nitrogens is 2. The number of anilines is 1. The van der Waals surface area contributed by atoms with Crippen LogP contribution in [0.5, 0.6) is 0 Å². The molecule has 0 bridgehead atoms. The van der Waals surface area contributed by atoms with Crippen LogP contribution in [0.15, 0.2) is 78.9 Å². The molecule has 0 saturated heterocycles. The first kappa shape index (κ1) is 24.7. The Morgan fingerprint density at radius 1 is 1.03 bits per heavy atom. The van der Waals surface area contributed by atoms with E-state index in [1.54, 1.807) is 22.9 Å². The maximum atomic E-state index is 13.9. The fourth-order valence-electron chi connectivity index (χ4n) is 4.67. The predicted molar refractivity (Wildman–Crippen MR) is 148 cm³/mol. The zero-order valence-corrected chi connectivity index (χ0v) is 21.9. The van der Waals surface area contributed by atoms with E-state index in [0.717, 1.165) is 29.5 Å². The highest BCUT2D eigenvalue weighted by Crippen LogP contribution is 2.48. The SMILES string of the molecule is O=C(CN1C(=O)CSC(c2ccc(F)cc2)c2c(-c3ccccc3)nn(-c3ccccc3Cl)c21)NC1CC1. The topological polar surface area (TPSA) is 67.2 Å². The second-order valence-corrected chi connectivity index (χ2v) is 10.9. The minimum absolute atomic E-state index is 0.136. The van der Waals surface area contributed by atoms with E-state index in [2.05, 4.69) is 5.32 Å². The van der Waals surface area contributed by atoms with Crippen molar-refractivity contribution in [2.75, 3.05) is 17.2 Å². The Morgan fingerprint density at radius 2 is 1.74 bits per heavy atom. The molecule has 1 aromatic heterocycles. The number of rotatable bonds is 6. The number of para-hydroxylation sites is 1. The van der Waals surface area contributed by atoms with Gasteiger partial charge in [-0.05, 0) is 42.7 Å². The van der Waals surface area contributed by atoms with Gasteiger partial charge < -0.3 is 5.32 Å². The van der Waals surface area contributed by atoms with E-state index in [1.165, 1.54) is 28.8 Å². The number of halogens is 2. The van der Waals surface area contributed by atoms with Crippen molar-refractivity contribution in [3.63, 3.8) is 0 Å². The van der Waals surface area contributed by atoms with E-state index in [0.29, 0.717) is 22.2 Å². The summed E-state index contributed by atoms with van der Waals surface area (Å²) >= 11 is 8.09. The molecule has 1 N–H and O–H groups in total. The van der Waals surface area contributed by atoms with Gasteiger partial charge in [0.1, 0.15) is 18.2 Å². The number of carbonyl (C=O) groups excluding carboxylic acids is 2. The van der Waals surface area contributed by atoms with E-state index in [-0.39, 0.29) is 41.2 Å². The van der Waals surface area contributed by atoms with Crippen LogP contribution in [0.1, 0.15) is 29.2 Å². The highest BCUT2D eigenvalue weighted by molar-refractivity contribution is 8.00. The Kier molecular flexibility index (Phi) is 6.68. The molecular weight excluding hydrogens is 523 g/mol. The van der Waals surface area contributed by atoms with Crippen molar-refractivity contribution in [3.05, 3.63) is 101 Å². The fraction of sp³-hybridized carbons (Fsp3) is 0.207. The number of hydrogen-bond donors (Lipinski definition) is 1.